The van der Waals surface area contributed by atoms with Gasteiger partial charge in [-0.15, -0.1) is 0 Å². The Balaban J connectivity index is 1.63. The highest BCUT2D eigenvalue weighted by atomic mass is 16.2. The van der Waals surface area contributed by atoms with Gasteiger partial charge in [-0.2, -0.15) is 0 Å². The molecule has 1 fully saturated rings. The minimum atomic E-state index is -0.586. The maximum atomic E-state index is 13.5. The lowest BCUT2D eigenvalue weighted by Gasteiger charge is -2.39. The molecule has 2 aromatic rings. The molecular weight excluding hydrogens is 386 g/mol. The second kappa shape index (κ2) is 8.66. The van der Waals surface area contributed by atoms with Gasteiger partial charge in [-0.3, -0.25) is 14.6 Å². The average Bonchev–Trinajstić information content (AvgIpc) is 3.01. The van der Waals surface area contributed by atoms with Crippen LogP contribution < -0.4 is 4.90 Å². The number of carbonyl (C=O) groups is 2. The SMILES string of the molecule is CCN(C(=O)CN1C(=O)C(c2ccc(C)cc2)=NC12CCCCC2)c1cccc(C)c1. The Hall–Kier alpha value is -2.95. The molecule has 0 N–H and O–H groups in total. The molecule has 0 aromatic heterocycles. The van der Waals surface area contributed by atoms with Crippen LogP contribution in [0.4, 0.5) is 5.69 Å². The van der Waals surface area contributed by atoms with Crippen LogP contribution in [0, 0.1) is 13.8 Å². The Morgan fingerprint density at radius 3 is 2.39 bits per heavy atom. The third kappa shape index (κ3) is 4.14. The number of likely N-dealkylation sites (N-methyl/N-ethyl adjacent to an activating group) is 1. The van der Waals surface area contributed by atoms with Crippen LogP contribution in [0.25, 0.3) is 0 Å². The first-order valence-electron chi connectivity index (χ1n) is 11.3. The molecule has 5 nitrogen and oxygen atoms in total. The molecule has 0 atom stereocenters. The van der Waals surface area contributed by atoms with Gasteiger partial charge in [0, 0.05) is 17.8 Å². The monoisotopic (exact) mass is 417 g/mol. The highest BCUT2D eigenvalue weighted by molar-refractivity contribution is 6.47. The maximum Gasteiger partial charge on any atom is 0.275 e. The van der Waals surface area contributed by atoms with E-state index in [1.54, 1.807) is 9.80 Å². The van der Waals surface area contributed by atoms with Gasteiger partial charge < -0.3 is 9.80 Å². The number of carbonyl (C=O) groups excluding carboxylic acids is 2. The highest BCUT2D eigenvalue weighted by Gasteiger charge is 2.48. The lowest BCUT2D eigenvalue weighted by atomic mass is 9.88. The van der Waals surface area contributed by atoms with Gasteiger partial charge in [0.1, 0.15) is 17.9 Å². The van der Waals surface area contributed by atoms with E-state index in [4.69, 9.17) is 4.99 Å². The van der Waals surface area contributed by atoms with Gasteiger partial charge in [-0.25, -0.2) is 0 Å². The van der Waals surface area contributed by atoms with Crippen molar-refractivity contribution in [2.24, 2.45) is 4.99 Å². The van der Waals surface area contributed by atoms with Gasteiger partial charge in [0.05, 0.1) is 0 Å². The van der Waals surface area contributed by atoms with E-state index in [1.807, 2.05) is 69.3 Å². The van der Waals surface area contributed by atoms with Crippen molar-refractivity contribution in [2.75, 3.05) is 18.0 Å². The van der Waals surface area contributed by atoms with E-state index in [9.17, 15) is 9.59 Å². The number of anilines is 1. The van der Waals surface area contributed by atoms with E-state index in [0.29, 0.717) is 12.3 Å². The molecule has 31 heavy (non-hydrogen) atoms. The number of benzene rings is 2. The molecule has 1 spiro atoms. The summed E-state index contributed by atoms with van der Waals surface area (Å²) in [7, 11) is 0. The van der Waals surface area contributed by atoms with Crippen molar-refractivity contribution >= 4 is 23.2 Å². The first kappa shape index (κ1) is 21.3. The van der Waals surface area contributed by atoms with Gasteiger partial charge in [0.15, 0.2) is 0 Å². The van der Waals surface area contributed by atoms with Crippen LogP contribution in [-0.2, 0) is 9.59 Å². The molecule has 1 aliphatic heterocycles. The van der Waals surface area contributed by atoms with Crippen LogP contribution in [-0.4, -0.2) is 41.2 Å². The van der Waals surface area contributed by atoms with Crippen molar-refractivity contribution in [3.05, 3.63) is 65.2 Å². The normalized spacial score (nSPS) is 17.7. The molecule has 2 amide bonds. The number of nitrogens with zero attached hydrogens (tertiary/aromatic N) is 3. The van der Waals surface area contributed by atoms with Gasteiger partial charge in [0.25, 0.3) is 5.91 Å². The minimum absolute atomic E-state index is 0.0550. The molecule has 2 aliphatic rings. The van der Waals surface area contributed by atoms with Gasteiger partial charge >= 0.3 is 0 Å². The fraction of sp³-hybridized carbons (Fsp3) is 0.423. The predicted octanol–water partition coefficient (Wildman–Crippen LogP) is 4.65. The van der Waals surface area contributed by atoms with Crippen LogP contribution in [0.1, 0.15) is 55.7 Å². The number of rotatable bonds is 5. The van der Waals surface area contributed by atoms with E-state index in [2.05, 4.69) is 0 Å². The molecule has 1 heterocycles. The molecule has 1 aliphatic carbocycles. The summed E-state index contributed by atoms with van der Waals surface area (Å²) in [6, 6.07) is 15.9. The standard InChI is InChI=1S/C26H31N3O2/c1-4-28(22-10-8-9-20(3)17-22)23(30)18-29-25(31)24(21-13-11-19(2)12-14-21)27-26(29)15-6-5-7-16-26/h8-14,17H,4-7,15-16,18H2,1-3H3. The van der Waals surface area contributed by atoms with Crippen LogP contribution in [0.2, 0.25) is 0 Å². The van der Waals surface area contributed by atoms with E-state index >= 15 is 0 Å². The summed E-state index contributed by atoms with van der Waals surface area (Å²) >= 11 is 0. The van der Waals surface area contributed by atoms with Crippen LogP contribution in [0.5, 0.6) is 0 Å². The summed E-state index contributed by atoms with van der Waals surface area (Å²) in [5.74, 6) is -0.189. The second-order valence-electron chi connectivity index (χ2n) is 8.74. The number of amides is 2. The molecular formula is C26H31N3O2. The first-order chi connectivity index (χ1) is 14.9. The number of hydrogen-bond donors (Lipinski definition) is 0. The zero-order valence-corrected chi connectivity index (χ0v) is 18.7. The van der Waals surface area contributed by atoms with E-state index < -0.39 is 5.66 Å². The van der Waals surface area contributed by atoms with Crippen LogP contribution in [0.3, 0.4) is 0 Å². The zero-order chi connectivity index (χ0) is 22.0. The predicted molar refractivity (Wildman–Crippen MR) is 124 cm³/mol. The van der Waals surface area contributed by atoms with Crippen molar-refractivity contribution in [2.45, 2.75) is 58.5 Å². The van der Waals surface area contributed by atoms with Crippen LogP contribution in [0.15, 0.2) is 53.5 Å². The van der Waals surface area contributed by atoms with E-state index in [1.165, 1.54) is 0 Å². The molecule has 0 unspecified atom stereocenters. The summed E-state index contributed by atoms with van der Waals surface area (Å²) in [5, 5.41) is 0. The van der Waals surface area contributed by atoms with Crippen molar-refractivity contribution in [3.63, 3.8) is 0 Å². The molecule has 4 rings (SSSR count). The summed E-state index contributed by atoms with van der Waals surface area (Å²) < 4.78 is 0. The van der Waals surface area contributed by atoms with Gasteiger partial charge in [0.2, 0.25) is 5.91 Å². The Morgan fingerprint density at radius 1 is 1.03 bits per heavy atom. The lowest BCUT2D eigenvalue weighted by Crippen LogP contribution is -2.52. The van der Waals surface area contributed by atoms with E-state index in [-0.39, 0.29) is 18.4 Å². The average molecular weight is 418 g/mol. The second-order valence-corrected chi connectivity index (χ2v) is 8.74. The lowest BCUT2D eigenvalue weighted by molar-refractivity contribution is -0.134. The summed E-state index contributed by atoms with van der Waals surface area (Å²) in [6.07, 6.45) is 4.84. The molecule has 162 valence electrons. The number of aryl methyl sites for hydroxylation is 2. The topological polar surface area (TPSA) is 53.0 Å². The number of hydrogen-bond acceptors (Lipinski definition) is 3. The smallest absolute Gasteiger partial charge is 0.275 e. The first-order valence-corrected chi connectivity index (χ1v) is 11.3. The Morgan fingerprint density at radius 2 is 1.74 bits per heavy atom. The number of aliphatic imine (C=N–C) groups is 1. The largest absolute Gasteiger partial charge is 0.311 e. The Bertz CT molecular complexity index is 1000. The summed E-state index contributed by atoms with van der Waals surface area (Å²) in [5.41, 5.74) is 3.86. The van der Waals surface area contributed by atoms with Crippen molar-refractivity contribution in [1.29, 1.82) is 0 Å². The minimum Gasteiger partial charge on any atom is -0.311 e. The van der Waals surface area contributed by atoms with Crippen molar-refractivity contribution in [1.82, 2.24) is 4.90 Å². The van der Waals surface area contributed by atoms with Crippen molar-refractivity contribution in [3.8, 4) is 0 Å². The van der Waals surface area contributed by atoms with E-state index in [0.717, 1.165) is 54.5 Å². The molecule has 0 saturated heterocycles. The quantitative estimate of drug-likeness (QED) is 0.711. The highest BCUT2D eigenvalue weighted by Crippen LogP contribution is 2.39. The van der Waals surface area contributed by atoms with Gasteiger partial charge in [-0.1, -0.05) is 48.4 Å². The fourth-order valence-corrected chi connectivity index (χ4v) is 4.77. The van der Waals surface area contributed by atoms with Crippen LogP contribution >= 0.6 is 0 Å². The van der Waals surface area contributed by atoms with Crippen molar-refractivity contribution < 1.29 is 9.59 Å². The third-order valence-electron chi connectivity index (χ3n) is 6.47. The third-order valence-corrected chi connectivity index (χ3v) is 6.47. The summed E-state index contributed by atoms with van der Waals surface area (Å²) in [6.45, 7) is 6.63. The molecule has 0 bridgehead atoms. The fourth-order valence-electron chi connectivity index (χ4n) is 4.77. The summed E-state index contributed by atoms with van der Waals surface area (Å²) in [4.78, 5) is 35.4. The maximum absolute atomic E-state index is 13.5. The molecule has 2 aromatic carbocycles. The molecule has 5 heteroatoms. The molecule has 1 saturated carbocycles. The molecule has 0 radical (unpaired) electrons. The van der Waals surface area contributed by atoms with Gasteiger partial charge in [-0.05, 0) is 64.2 Å². The zero-order valence-electron chi connectivity index (χ0n) is 18.7. The Kier molecular flexibility index (Phi) is 5.94. The Labute approximate surface area is 184 Å².